The molecular weight excluding hydrogens is 1110 g/mol. The van der Waals surface area contributed by atoms with Gasteiger partial charge in [0.05, 0.1) is 26.4 Å². The quantitative estimate of drug-likeness (QED) is 0.0222. The minimum absolute atomic E-state index is 0.101. The van der Waals surface area contributed by atoms with Gasteiger partial charge in [-0.25, -0.2) is 9.13 Å². The average molecular weight is 1240 g/mol. The van der Waals surface area contributed by atoms with Crippen molar-refractivity contribution in [3.05, 3.63) is 0 Å². The van der Waals surface area contributed by atoms with Crippen LogP contribution in [0.1, 0.15) is 312 Å². The first-order valence-corrected chi connectivity index (χ1v) is 36.7. The standard InChI is InChI=1S/C65H126O17P2/c1-9-58(8)44-36-28-22-24-30-38-46-63(68)76-52-60(81-64(69)47-39-31-20-16-15-18-26-34-42-56(4)5)53-79-83(71,72)77-49-59(66)50-78-84(73,74)80-54-61(82-65(70)48-40-32-23-21-27-35-43-57(6)7)51-75-62(67)45-37-29-19-14-12-10-11-13-17-25-33-41-55(2)3/h55-61,66H,9-54H2,1-8H3,(H,71,72)(H,73,74)/t58?,59-,60+,61+/m0/s1. The van der Waals surface area contributed by atoms with Gasteiger partial charge < -0.3 is 33.8 Å². The van der Waals surface area contributed by atoms with Crippen molar-refractivity contribution >= 4 is 39.5 Å². The van der Waals surface area contributed by atoms with E-state index in [-0.39, 0.29) is 25.7 Å². The highest BCUT2D eigenvalue weighted by Gasteiger charge is 2.30. The molecule has 0 aliphatic heterocycles. The maximum Gasteiger partial charge on any atom is 0.472 e. The number of aliphatic hydroxyl groups is 1. The zero-order valence-corrected chi connectivity index (χ0v) is 56.3. The van der Waals surface area contributed by atoms with Gasteiger partial charge >= 0.3 is 39.5 Å². The van der Waals surface area contributed by atoms with Crippen LogP contribution in [-0.2, 0) is 65.4 Å². The zero-order valence-electron chi connectivity index (χ0n) is 54.5. The van der Waals surface area contributed by atoms with E-state index >= 15 is 0 Å². The summed E-state index contributed by atoms with van der Waals surface area (Å²) < 4.78 is 68.0. The lowest BCUT2D eigenvalue weighted by Gasteiger charge is -2.21. The van der Waals surface area contributed by atoms with Crippen LogP contribution in [0.5, 0.6) is 0 Å². The number of esters is 4. The number of carbonyl (C=O) groups excluding carboxylic acids is 4. The summed E-state index contributed by atoms with van der Waals surface area (Å²) >= 11 is 0. The number of unbranched alkanes of at least 4 members (excludes halogenated alkanes) is 27. The smallest absolute Gasteiger partial charge is 0.462 e. The van der Waals surface area contributed by atoms with E-state index in [1.54, 1.807) is 0 Å². The molecule has 84 heavy (non-hydrogen) atoms. The Labute approximate surface area is 511 Å². The number of ether oxygens (including phenoxy) is 4. The first-order chi connectivity index (χ1) is 40.1. The largest absolute Gasteiger partial charge is 0.472 e. The summed E-state index contributed by atoms with van der Waals surface area (Å²) in [6.07, 6.45) is 35.1. The normalized spacial score (nSPS) is 14.7. The predicted octanol–water partition coefficient (Wildman–Crippen LogP) is 17.8. The Morgan fingerprint density at radius 2 is 0.571 bits per heavy atom. The van der Waals surface area contributed by atoms with Crippen LogP contribution in [0.3, 0.4) is 0 Å². The van der Waals surface area contributed by atoms with Crippen molar-refractivity contribution in [3.63, 3.8) is 0 Å². The third-order valence-electron chi connectivity index (χ3n) is 15.2. The van der Waals surface area contributed by atoms with Gasteiger partial charge in [-0.2, -0.15) is 0 Å². The number of carbonyl (C=O) groups is 4. The number of phosphoric ester groups is 2. The highest BCUT2D eigenvalue weighted by Crippen LogP contribution is 2.45. The molecule has 0 aromatic heterocycles. The lowest BCUT2D eigenvalue weighted by molar-refractivity contribution is -0.161. The van der Waals surface area contributed by atoms with E-state index in [1.807, 2.05) is 0 Å². The molecule has 0 aliphatic rings. The Balaban J connectivity index is 5.23. The molecule has 3 unspecified atom stereocenters. The molecule has 6 atom stereocenters. The highest BCUT2D eigenvalue weighted by molar-refractivity contribution is 7.47. The van der Waals surface area contributed by atoms with E-state index in [4.69, 9.17) is 37.0 Å². The SMILES string of the molecule is CCC(C)CCCCCCCCC(=O)OC[C@H](COP(=O)(O)OC[C@H](O)COP(=O)(O)OC[C@@H](COC(=O)CCCCCCCCCCCCCC(C)C)OC(=O)CCCCCCCCC(C)C)OC(=O)CCCCCCCCCCC(C)C. The average Bonchev–Trinajstić information content (AvgIpc) is 3.45. The van der Waals surface area contributed by atoms with Crippen molar-refractivity contribution in [2.45, 2.75) is 331 Å². The second kappa shape index (κ2) is 55.2. The minimum Gasteiger partial charge on any atom is -0.462 e. The summed E-state index contributed by atoms with van der Waals surface area (Å²) in [5.74, 6) is 0.747. The van der Waals surface area contributed by atoms with E-state index in [9.17, 15) is 43.2 Å². The summed E-state index contributed by atoms with van der Waals surface area (Å²) in [5.41, 5.74) is 0. The second-order valence-electron chi connectivity index (χ2n) is 25.2. The van der Waals surface area contributed by atoms with Crippen LogP contribution in [0.25, 0.3) is 0 Å². The summed E-state index contributed by atoms with van der Waals surface area (Å²) in [4.78, 5) is 72.2. The lowest BCUT2D eigenvalue weighted by atomic mass is 10.00. The molecule has 0 bridgehead atoms. The number of hydrogen-bond donors (Lipinski definition) is 3. The molecule has 0 fully saturated rings. The predicted molar refractivity (Wildman–Crippen MR) is 335 cm³/mol. The third-order valence-corrected chi connectivity index (χ3v) is 17.1. The molecule has 19 heteroatoms. The number of phosphoric acid groups is 2. The van der Waals surface area contributed by atoms with Crippen molar-refractivity contribution in [1.29, 1.82) is 0 Å². The van der Waals surface area contributed by atoms with Gasteiger partial charge in [0.25, 0.3) is 0 Å². The molecule has 0 saturated heterocycles. The molecule has 0 amide bonds. The second-order valence-corrected chi connectivity index (χ2v) is 28.1. The molecule has 0 aromatic rings. The third kappa shape index (κ3) is 57.8. The van der Waals surface area contributed by atoms with Gasteiger partial charge in [0.1, 0.15) is 19.3 Å². The van der Waals surface area contributed by atoms with Crippen LogP contribution >= 0.6 is 15.6 Å². The van der Waals surface area contributed by atoms with E-state index in [0.29, 0.717) is 31.6 Å². The van der Waals surface area contributed by atoms with E-state index in [2.05, 4.69) is 55.4 Å². The summed E-state index contributed by atoms with van der Waals surface area (Å²) in [7, 11) is -9.89. The zero-order chi connectivity index (χ0) is 62.5. The van der Waals surface area contributed by atoms with Gasteiger partial charge in [-0.15, -0.1) is 0 Å². The highest BCUT2D eigenvalue weighted by atomic mass is 31.2. The van der Waals surface area contributed by atoms with Crippen LogP contribution < -0.4 is 0 Å². The molecule has 0 spiro atoms. The van der Waals surface area contributed by atoms with Gasteiger partial charge in [0.2, 0.25) is 0 Å². The molecule has 0 rings (SSSR count). The Kier molecular flexibility index (Phi) is 53.9. The fraction of sp³-hybridized carbons (Fsp3) is 0.938. The molecular formula is C65H126O17P2. The Hall–Kier alpha value is -1.94. The minimum atomic E-state index is -4.95. The van der Waals surface area contributed by atoms with Crippen molar-refractivity contribution in [3.8, 4) is 0 Å². The molecule has 0 saturated carbocycles. The first-order valence-electron chi connectivity index (χ1n) is 33.7. The van der Waals surface area contributed by atoms with Crippen LogP contribution in [0.15, 0.2) is 0 Å². The van der Waals surface area contributed by atoms with E-state index < -0.39 is 97.5 Å². The van der Waals surface area contributed by atoms with Gasteiger partial charge in [-0.3, -0.25) is 37.3 Å². The van der Waals surface area contributed by atoms with Crippen LogP contribution in [0.4, 0.5) is 0 Å². The van der Waals surface area contributed by atoms with Crippen molar-refractivity contribution < 1.29 is 80.2 Å². The number of hydrogen-bond acceptors (Lipinski definition) is 15. The molecule has 0 aromatic carbocycles. The topological polar surface area (TPSA) is 237 Å². The maximum atomic E-state index is 13.0. The Morgan fingerprint density at radius 1 is 0.333 bits per heavy atom. The molecule has 3 N–H and O–H groups in total. The van der Waals surface area contributed by atoms with E-state index in [1.165, 1.54) is 109 Å². The van der Waals surface area contributed by atoms with Crippen molar-refractivity contribution in [1.82, 2.24) is 0 Å². The van der Waals surface area contributed by atoms with Crippen molar-refractivity contribution in [2.24, 2.45) is 23.7 Å². The Morgan fingerprint density at radius 3 is 0.845 bits per heavy atom. The van der Waals surface area contributed by atoms with E-state index in [0.717, 1.165) is 114 Å². The Bertz CT molecular complexity index is 1680. The van der Waals surface area contributed by atoms with Crippen LogP contribution in [0, 0.1) is 23.7 Å². The molecule has 0 aliphatic carbocycles. The molecule has 0 heterocycles. The van der Waals surface area contributed by atoms with Gasteiger partial charge in [-0.05, 0) is 49.4 Å². The molecule has 498 valence electrons. The fourth-order valence-corrected chi connectivity index (χ4v) is 11.2. The van der Waals surface area contributed by atoms with Crippen molar-refractivity contribution in [2.75, 3.05) is 39.6 Å². The molecule has 0 radical (unpaired) electrons. The monoisotopic (exact) mass is 1240 g/mol. The van der Waals surface area contributed by atoms with Gasteiger partial charge in [0, 0.05) is 25.7 Å². The van der Waals surface area contributed by atoms with Gasteiger partial charge in [0.15, 0.2) is 12.2 Å². The van der Waals surface area contributed by atoms with Crippen LogP contribution in [-0.4, -0.2) is 96.7 Å². The maximum absolute atomic E-state index is 13.0. The lowest BCUT2D eigenvalue weighted by Crippen LogP contribution is -2.30. The van der Waals surface area contributed by atoms with Gasteiger partial charge in [-0.1, -0.05) is 261 Å². The number of rotatable bonds is 62. The fourth-order valence-electron chi connectivity index (χ4n) is 9.57. The first kappa shape index (κ1) is 82.1. The van der Waals surface area contributed by atoms with Crippen LogP contribution in [0.2, 0.25) is 0 Å². The molecule has 17 nitrogen and oxygen atoms in total. The summed E-state index contributed by atoms with van der Waals surface area (Å²) in [6, 6.07) is 0. The summed E-state index contributed by atoms with van der Waals surface area (Å²) in [6.45, 7) is 13.9. The summed E-state index contributed by atoms with van der Waals surface area (Å²) in [5, 5.41) is 10.5. The number of aliphatic hydroxyl groups excluding tert-OH is 1.